The number of aromatic nitrogens is 2. The van der Waals surface area contributed by atoms with E-state index in [0.29, 0.717) is 19.6 Å². The molecule has 1 fully saturated rings. The fourth-order valence-corrected chi connectivity index (χ4v) is 2.60. The van der Waals surface area contributed by atoms with Gasteiger partial charge < -0.3 is 24.8 Å². The molecule has 9 nitrogen and oxygen atoms in total. The lowest BCUT2D eigenvalue weighted by atomic mass is 10.2. The topological polar surface area (TPSA) is 133 Å². The van der Waals surface area contributed by atoms with Crippen molar-refractivity contribution in [2.45, 2.75) is 25.1 Å². The minimum Gasteiger partial charge on any atom is -0.480 e. The molecule has 2 heterocycles. The van der Waals surface area contributed by atoms with E-state index in [0.717, 1.165) is 16.9 Å². The Hall–Kier alpha value is -3.15. The van der Waals surface area contributed by atoms with Gasteiger partial charge in [-0.1, -0.05) is 12.1 Å². The zero-order valence-electron chi connectivity index (χ0n) is 15.0. The van der Waals surface area contributed by atoms with Gasteiger partial charge in [0.25, 0.3) is 0 Å². The predicted octanol–water partition coefficient (Wildman–Crippen LogP) is 1.44. The zero-order chi connectivity index (χ0) is 21.6. The Morgan fingerprint density at radius 3 is 2.48 bits per heavy atom. The first-order chi connectivity index (χ1) is 13.6. The number of para-hydroxylation sites is 2. The number of aryl methyl sites for hydroxylation is 1. The van der Waals surface area contributed by atoms with Crippen molar-refractivity contribution in [3.63, 3.8) is 0 Å². The van der Waals surface area contributed by atoms with Crippen molar-refractivity contribution in [3.05, 3.63) is 30.1 Å². The van der Waals surface area contributed by atoms with Crippen LogP contribution in [0.3, 0.4) is 0 Å². The molecular weight excluding hydrogens is 399 g/mol. The maximum atomic E-state index is 12.3. The lowest BCUT2D eigenvalue weighted by Crippen LogP contribution is -2.52. The number of amides is 1. The Morgan fingerprint density at radius 2 is 1.90 bits per heavy atom. The number of aliphatic carboxylic acids is 2. The maximum Gasteiger partial charge on any atom is 0.490 e. The zero-order valence-corrected chi connectivity index (χ0v) is 15.0. The van der Waals surface area contributed by atoms with E-state index in [1.165, 1.54) is 4.90 Å². The third kappa shape index (κ3) is 6.17. The number of nitrogens with zero attached hydrogens (tertiary/aromatic N) is 2. The minimum atomic E-state index is -5.08. The highest BCUT2D eigenvalue weighted by Crippen LogP contribution is 2.14. The third-order valence-corrected chi connectivity index (χ3v) is 3.99. The van der Waals surface area contributed by atoms with Crippen LogP contribution in [0.1, 0.15) is 12.2 Å². The van der Waals surface area contributed by atoms with Crippen molar-refractivity contribution in [1.29, 1.82) is 0 Å². The molecule has 158 valence electrons. The highest BCUT2D eigenvalue weighted by atomic mass is 19.4. The van der Waals surface area contributed by atoms with Crippen LogP contribution in [-0.4, -0.2) is 74.9 Å². The van der Waals surface area contributed by atoms with Crippen LogP contribution in [0.2, 0.25) is 0 Å². The standard InChI is InChI=1S/C15H17N3O4.C2HF3O2/c19-14(18-7-8-22-9-12(18)15(20)21)6-5-13-16-10-3-1-2-4-11(10)17-13;3-2(4,5)1(6)7/h1-4,12H,5-9H2,(H,16,17)(H,20,21);(H,6,7). The maximum absolute atomic E-state index is 12.3. The second-order valence-electron chi connectivity index (χ2n) is 6.02. The number of halogens is 3. The first-order valence-corrected chi connectivity index (χ1v) is 8.43. The third-order valence-electron chi connectivity index (χ3n) is 3.99. The van der Waals surface area contributed by atoms with Crippen LogP contribution in [0, 0.1) is 0 Å². The Morgan fingerprint density at radius 1 is 1.24 bits per heavy atom. The van der Waals surface area contributed by atoms with Crippen LogP contribution in [0.25, 0.3) is 11.0 Å². The van der Waals surface area contributed by atoms with E-state index >= 15 is 0 Å². The molecule has 1 unspecified atom stereocenters. The number of ether oxygens (including phenoxy) is 1. The van der Waals surface area contributed by atoms with Gasteiger partial charge in [0.2, 0.25) is 5.91 Å². The normalized spacial score (nSPS) is 16.8. The van der Waals surface area contributed by atoms with Gasteiger partial charge >= 0.3 is 18.1 Å². The number of rotatable bonds is 4. The summed E-state index contributed by atoms with van der Waals surface area (Å²) in [6.45, 7) is 0.738. The van der Waals surface area contributed by atoms with Gasteiger partial charge in [0.15, 0.2) is 6.04 Å². The Kier molecular flexibility index (Phi) is 7.15. The first kappa shape index (κ1) is 22.1. The van der Waals surface area contributed by atoms with Gasteiger partial charge in [-0.05, 0) is 12.1 Å². The molecule has 29 heavy (non-hydrogen) atoms. The SMILES string of the molecule is O=C(O)C(F)(F)F.O=C(O)C1COCCN1C(=O)CCc1nc2ccccc2[nH]1. The molecule has 1 atom stereocenters. The van der Waals surface area contributed by atoms with Crippen molar-refractivity contribution in [3.8, 4) is 0 Å². The Balaban J connectivity index is 0.000000370. The van der Waals surface area contributed by atoms with Gasteiger partial charge in [0.1, 0.15) is 5.82 Å². The van der Waals surface area contributed by atoms with Gasteiger partial charge in [0.05, 0.1) is 24.2 Å². The van der Waals surface area contributed by atoms with Crippen LogP contribution in [0.5, 0.6) is 0 Å². The summed E-state index contributed by atoms with van der Waals surface area (Å²) in [6.07, 6.45) is -4.40. The lowest BCUT2D eigenvalue weighted by molar-refractivity contribution is -0.192. The van der Waals surface area contributed by atoms with E-state index in [9.17, 15) is 22.8 Å². The summed E-state index contributed by atoms with van der Waals surface area (Å²) >= 11 is 0. The molecule has 3 N–H and O–H groups in total. The summed E-state index contributed by atoms with van der Waals surface area (Å²) in [5.41, 5.74) is 1.79. The molecule has 3 rings (SSSR count). The molecule has 0 radical (unpaired) electrons. The molecule has 2 aromatic rings. The van der Waals surface area contributed by atoms with Crippen molar-refractivity contribution in [1.82, 2.24) is 14.9 Å². The average molecular weight is 417 g/mol. The monoisotopic (exact) mass is 417 g/mol. The van der Waals surface area contributed by atoms with Crippen LogP contribution in [0.15, 0.2) is 24.3 Å². The number of carbonyl (C=O) groups is 3. The number of aromatic amines is 1. The summed E-state index contributed by atoms with van der Waals surface area (Å²) in [5.74, 6) is -3.24. The second-order valence-corrected chi connectivity index (χ2v) is 6.02. The predicted molar refractivity (Wildman–Crippen MR) is 92.1 cm³/mol. The van der Waals surface area contributed by atoms with Gasteiger partial charge in [-0.15, -0.1) is 0 Å². The van der Waals surface area contributed by atoms with E-state index in [-0.39, 0.29) is 18.9 Å². The fraction of sp³-hybridized carbons (Fsp3) is 0.412. The number of H-pyrrole nitrogens is 1. The number of hydrogen-bond acceptors (Lipinski definition) is 5. The number of morpholine rings is 1. The molecule has 1 amide bonds. The minimum absolute atomic E-state index is 0.0473. The molecule has 0 aliphatic carbocycles. The molecule has 12 heteroatoms. The van der Waals surface area contributed by atoms with E-state index in [4.69, 9.17) is 19.7 Å². The molecule has 0 bridgehead atoms. The number of alkyl halides is 3. The van der Waals surface area contributed by atoms with Crippen LogP contribution in [0.4, 0.5) is 13.2 Å². The summed E-state index contributed by atoms with van der Waals surface area (Å²) in [7, 11) is 0. The van der Waals surface area contributed by atoms with E-state index < -0.39 is 24.2 Å². The highest BCUT2D eigenvalue weighted by molar-refractivity contribution is 5.84. The largest absolute Gasteiger partial charge is 0.490 e. The molecule has 0 saturated carbocycles. The number of fused-ring (bicyclic) bond motifs is 1. The van der Waals surface area contributed by atoms with E-state index in [2.05, 4.69) is 9.97 Å². The smallest absolute Gasteiger partial charge is 0.480 e. The molecular formula is C17H18F3N3O6. The number of carboxylic acids is 2. The summed E-state index contributed by atoms with van der Waals surface area (Å²) < 4.78 is 36.9. The summed E-state index contributed by atoms with van der Waals surface area (Å²) in [4.78, 5) is 41.3. The number of nitrogens with one attached hydrogen (secondary N) is 1. The van der Waals surface area contributed by atoms with Crippen molar-refractivity contribution in [2.24, 2.45) is 0 Å². The number of carbonyl (C=O) groups excluding carboxylic acids is 1. The second kappa shape index (κ2) is 9.37. The van der Waals surface area contributed by atoms with Gasteiger partial charge in [-0.2, -0.15) is 13.2 Å². The van der Waals surface area contributed by atoms with Crippen molar-refractivity contribution < 1.29 is 42.5 Å². The van der Waals surface area contributed by atoms with Gasteiger partial charge in [0, 0.05) is 19.4 Å². The fourth-order valence-electron chi connectivity index (χ4n) is 2.60. The van der Waals surface area contributed by atoms with Crippen LogP contribution >= 0.6 is 0 Å². The molecule has 1 aliphatic rings. The van der Waals surface area contributed by atoms with Crippen LogP contribution in [-0.2, 0) is 25.5 Å². The molecule has 0 spiro atoms. The number of benzene rings is 1. The summed E-state index contributed by atoms with van der Waals surface area (Å²) in [5, 5.41) is 16.3. The molecule has 1 aromatic carbocycles. The molecule has 1 saturated heterocycles. The quantitative estimate of drug-likeness (QED) is 0.686. The average Bonchev–Trinajstić information content (AvgIpc) is 3.08. The van der Waals surface area contributed by atoms with Crippen LogP contribution < -0.4 is 0 Å². The molecule has 1 aromatic heterocycles. The highest BCUT2D eigenvalue weighted by Gasteiger charge is 2.38. The van der Waals surface area contributed by atoms with Crippen molar-refractivity contribution in [2.75, 3.05) is 19.8 Å². The number of hydrogen-bond donors (Lipinski definition) is 3. The number of carboxylic acid groups (broad SMARTS) is 2. The number of imidazole rings is 1. The first-order valence-electron chi connectivity index (χ1n) is 8.43. The van der Waals surface area contributed by atoms with Gasteiger partial charge in [-0.25, -0.2) is 14.6 Å². The summed E-state index contributed by atoms with van der Waals surface area (Å²) in [6, 6.07) is 6.76. The van der Waals surface area contributed by atoms with Gasteiger partial charge in [-0.3, -0.25) is 4.79 Å². The Labute approximate surface area is 162 Å². The van der Waals surface area contributed by atoms with Crippen molar-refractivity contribution >= 4 is 28.9 Å². The Bertz CT molecular complexity index is 850. The van der Waals surface area contributed by atoms with E-state index in [1.807, 2.05) is 24.3 Å². The van der Waals surface area contributed by atoms with E-state index in [1.54, 1.807) is 0 Å². The molecule has 1 aliphatic heterocycles. The lowest BCUT2D eigenvalue weighted by Gasteiger charge is -2.32.